The molecule has 1 aromatic rings. The van der Waals surface area contributed by atoms with E-state index in [2.05, 4.69) is 10.3 Å². The molecule has 0 saturated carbocycles. The van der Waals surface area contributed by atoms with Crippen LogP contribution >= 0.6 is 11.3 Å². The lowest BCUT2D eigenvalue weighted by atomic mass is 10.5. The van der Waals surface area contributed by atoms with Crippen molar-refractivity contribution in [2.75, 3.05) is 32.1 Å². The number of ether oxygens (including phenoxy) is 1. The number of likely N-dealkylation sites (N-methyl/N-ethyl adjacent to an activating group) is 1. The summed E-state index contributed by atoms with van der Waals surface area (Å²) in [6.45, 7) is 2.31. The fourth-order valence-electron chi connectivity index (χ4n) is 1.17. The van der Waals surface area contributed by atoms with Gasteiger partial charge in [-0.25, -0.2) is 4.98 Å². The average molecular weight is 257 g/mol. The molecule has 0 bridgehead atoms. The number of aromatic nitrogens is 1. The SMILES string of the molecule is CCOC(=O)CN(C)CC(=O)Nc1nccs1. The summed E-state index contributed by atoms with van der Waals surface area (Å²) in [6, 6.07) is 0. The third kappa shape index (κ3) is 5.41. The maximum Gasteiger partial charge on any atom is 0.320 e. The van der Waals surface area contributed by atoms with Crippen LogP contribution in [0.15, 0.2) is 11.6 Å². The summed E-state index contributed by atoms with van der Waals surface area (Å²) < 4.78 is 4.78. The van der Waals surface area contributed by atoms with E-state index in [9.17, 15) is 9.59 Å². The molecular weight excluding hydrogens is 242 g/mol. The number of amides is 1. The minimum atomic E-state index is -0.336. The minimum Gasteiger partial charge on any atom is -0.465 e. The van der Waals surface area contributed by atoms with Gasteiger partial charge in [0.15, 0.2) is 5.13 Å². The highest BCUT2D eigenvalue weighted by molar-refractivity contribution is 7.13. The molecule has 0 fully saturated rings. The topological polar surface area (TPSA) is 71.5 Å². The van der Waals surface area contributed by atoms with Crippen molar-refractivity contribution >= 4 is 28.3 Å². The van der Waals surface area contributed by atoms with Crippen molar-refractivity contribution < 1.29 is 14.3 Å². The molecule has 7 heteroatoms. The van der Waals surface area contributed by atoms with E-state index in [0.717, 1.165) is 0 Å². The molecule has 0 aliphatic rings. The lowest BCUT2D eigenvalue weighted by molar-refractivity contribution is -0.144. The first-order valence-corrected chi connectivity index (χ1v) is 6.03. The van der Waals surface area contributed by atoms with Gasteiger partial charge in [0.25, 0.3) is 0 Å². The van der Waals surface area contributed by atoms with Gasteiger partial charge in [0.05, 0.1) is 19.7 Å². The Balaban J connectivity index is 2.28. The number of anilines is 1. The first-order chi connectivity index (χ1) is 8.11. The van der Waals surface area contributed by atoms with Crippen LogP contribution in [0.1, 0.15) is 6.92 Å². The van der Waals surface area contributed by atoms with Gasteiger partial charge in [-0.2, -0.15) is 0 Å². The Morgan fingerprint density at radius 2 is 2.29 bits per heavy atom. The number of esters is 1. The largest absolute Gasteiger partial charge is 0.465 e. The molecule has 1 rings (SSSR count). The second-order valence-electron chi connectivity index (χ2n) is 3.36. The third-order valence-corrected chi connectivity index (χ3v) is 2.49. The second-order valence-corrected chi connectivity index (χ2v) is 4.26. The quantitative estimate of drug-likeness (QED) is 0.755. The van der Waals surface area contributed by atoms with Crippen LogP contribution < -0.4 is 5.32 Å². The van der Waals surface area contributed by atoms with Gasteiger partial charge in [-0.15, -0.1) is 11.3 Å². The van der Waals surface area contributed by atoms with Gasteiger partial charge < -0.3 is 10.1 Å². The molecule has 0 aliphatic heterocycles. The molecule has 1 heterocycles. The molecule has 0 radical (unpaired) electrons. The van der Waals surface area contributed by atoms with Crippen LogP contribution in [0.3, 0.4) is 0 Å². The molecule has 17 heavy (non-hydrogen) atoms. The highest BCUT2D eigenvalue weighted by atomic mass is 32.1. The van der Waals surface area contributed by atoms with E-state index in [4.69, 9.17) is 4.74 Å². The maximum absolute atomic E-state index is 11.5. The van der Waals surface area contributed by atoms with Crippen LogP contribution in [0.4, 0.5) is 5.13 Å². The summed E-state index contributed by atoms with van der Waals surface area (Å²) in [5.41, 5.74) is 0. The first kappa shape index (κ1) is 13.6. The standard InChI is InChI=1S/C10H15N3O3S/c1-3-16-9(15)7-13(2)6-8(14)12-10-11-4-5-17-10/h4-5H,3,6-7H2,1-2H3,(H,11,12,14). The van der Waals surface area contributed by atoms with Crippen molar-refractivity contribution in [2.45, 2.75) is 6.92 Å². The molecule has 0 aromatic carbocycles. The zero-order valence-electron chi connectivity index (χ0n) is 9.80. The van der Waals surface area contributed by atoms with Crippen molar-refractivity contribution in [2.24, 2.45) is 0 Å². The summed E-state index contributed by atoms with van der Waals surface area (Å²) >= 11 is 1.35. The second kappa shape index (κ2) is 6.97. The van der Waals surface area contributed by atoms with E-state index in [1.54, 1.807) is 30.4 Å². The predicted octanol–water partition coefficient (Wildman–Crippen LogP) is 0.576. The van der Waals surface area contributed by atoms with Crippen LogP contribution in [-0.4, -0.2) is 48.5 Å². The molecule has 1 amide bonds. The van der Waals surface area contributed by atoms with Crippen molar-refractivity contribution in [1.82, 2.24) is 9.88 Å². The summed E-state index contributed by atoms with van der Waals surface area (Å²) in [6.07, 6.45) is 1.61. The summed E-state index contributed by atoms with van der Waals surface area (Å²) in [4.78, 5) is 28.2. The predicted molar refractivity (Wildman–Crippen MR) is 64.9 cm³/mol. The van der Waals surface area contributed by atoms with E-state index < -0.39 is 0 Å². The number of carbonyl (C=O) groups excluding carboxylic acids is 2. The van der Waals surface area contributed by atoms with Gasteiger partial charge >= 0.3 is 5.97 Å². The number of rotatable bonds is 6. The number of thiazole rings is 1. The van der Waals surface area contributed by atoms with Gasteiger partial charge in [0.2, 0.25) is 5.91 Å². The molecule has 0 unspecified atom stereocenters. The Morgan fingerprint density at radius 1 is 1.53 bits per heavy atom. The number of carbonyl (C=O) groups is 2. The van der Waals surface area contributed by atoms with E-state index in [1.165, 1.54) is 11.3 Å². The van der Waals surface area contributed by atoms with E-state index >= 15 is 0 Å². The molecule has 1 aromatic heterocycles. The summed E-state index contributed by atoms with van der Waals surface area (Å²) in [5.74, 6) is -0.538. The maximum atomic E-state index is 11.5. The minimum absolute atomic E-state index is 0.0964. The first-order valence-electron chi connectivity index (χ1n) is 5.15. The van der Waals surface area contributed by atoms with E-state index in [0.29, 0.717) is 11.7 Å². The van der Waals surface area contributed by atoms with Crippen LogP contribution in [-0.2, 0) is 14.3 Å². The number of nitrogens with one attached hydrogen (secondary N) is 1. The van der Waals surface area contributed by atoms with Crippen LogP contribution in [0.5, 0.6) is 0 Å². The molecular formula is C10H15N3O3S. The lowest BCUT2D eigenvalue weighted by Crippen LogP contribution is -2.34. The fraction of sp³-hybridized carbons (Fsp3) is 0.500. The highest BCUT2D eigenvalue weighted by Gasteiger charge is 2.11. The van der Waals surface area contributed by atoms with Gasteiger partial charge in [-0.3, -0.25) is 14.5 Å². The third-order valence-electron chi connectivity index (χ3n) is 1.80. The van der Waals surface area contributed by atoms with Crippen molar-refractivity contribution in [3.8, 4) is 0 Å². The van der Waals surface area contributed by atoms with E-state index in [-0.39, 0.29) is 25.0 Å². The Kier molecular flexibility index (Phi) is 5.58. The highest BCUT2D eigenvalue weighted by Crippen LogP contribution is 2.09. The molecule has 94 valence electrons. The van der Waals surface area contributed by atoms with E-state index in [1.807, 2.05) is 0 Å². The lowest BCUT2D eigenvalue weighted by Gasteiger charge is -2.14. The zero-order chi connectivity index (χ0) is 12.7. The smallest absolute Gasteiger partial charge is 0.320 e. The van der Waals surface area contributed by atoms with Crippen molar-refractivity contribution in [1.29, 1.82) is 0 Å². The fourth-order valence-corrected chi connectivity index (χ4v) is 1.72. The molecule has 0 atom stereocenters. The van der Waals surface area contributed by atoms with Gasteiger partial charge in [-0.05, 0) is 14.0 Å². The molecule has 1 N–H and O–H groups in total. The molecule has 0 spiro atoms. The van der Waals surface area contributed by atoms with Crippen LogP contribution in [0.25, 0.3) is 0 Å². The average Bonchev–Trinajstić information content (AvgIpc) is 2.69. The Bertz CT molecular complexity index is 367. The van der Waals surface area contributed by atoms with Crippen LogP contribution in [0, 0.1) is 0 Å². The Morgan fingerprint density at radius 3 is 2.88 bits per heavy atom. The van der Waals surface area contributed by atoms with Gasteiger partial charge in [0, 0.05) is 11.6 Å². The summed E-state index contributed by atoms with van der Waals surface area (Å²) in [5, 5.41) is 4.96. The molecule has 6 nitrogen and oxygen atoms in total. The molecule has 0 aliphatic carbocycles. The summed E-state index contributed by atoms with van der Waals surface area (Å²) in [7, 11) is 1.68. The van der Waals surface area contributed by atoms with Crippen molar-refractivity contribution in [3.63, 3.8) is 0 Å². The normalized spacial score (nSPS) is 10.3. The zero-order valence-corrected chi connectivity index (χ0v) is 10.6. The number of nitrogens with zero attached hydrogens (tertiary/aromatic N) is 2. The van der Waals surface area contributed by atoms with Gasteiger partial charge in [-0.1, -0.05) is 0 Å². The Labute approximate surface area is 104 Å². The monoisotopic (exact) mass is 257 g/mol. The number of hydrogen-bond acceptors (Lipinski definition) is 6. The Hall–Kier alpha value is -1.47. The number of hydrogen-bond donors (Lipinski definition) is 1. The van der Waals surface area contributed by atoms with Crippen molar-refractivity contribution in [3.05, 3.63) is 11.6 Å². The van der Waals surface area contributed by atoms with Gasteiger partial charge in [0.1, 0.15) is 0 Å². The van der Waals surface area contributed by atoms with Crippen LogP contribution in [0.2, 0.25) is 0 Å². The molecule has 0 saturated heterocycles.